The molecule has 2 aliphatic rings. The van der Waals surface area contributed by atoms with Crippen LogP contribution >= 0.6 is 12.2 Å². The number of nitrogens with zero attached hydrogens (tertiary/aromatic N) is 2. The summed E-state index contributed by atoms with van der Waals surface area (Å²) in [6.07, 6.45) is 0. The van der Waals surface area contributed by atoms with Crippen LogP contribution < -0.4 is 5.32 Å². The number of amidine groups is 1. The summed E-state index contributed by atoms with van der Waals surface area (Å²) in [4.78, 5) is 6.36. The van der Waals surface area contributed by atoms with Crippen LogP contribution in [0, 0.1) is 0 Å². The van der Waals surface area contributed by atoms with E-state index in [1.54, 1.807) is 0 Å². The van der Waals surface area contributed by atoms with E-state index in [-0.39, 0.29) is 0 Å². The average molecular weight is 233 g/mol. The molecule has 1 fully saturated rings. The van der Waals surface area contributed by atoms with Crippen molar-refractivity contribution in [2.45, 2.75) is 6.61 Å². The Hall–Kier alpha value is -1.62. The standard InChI is InChI=1S/C11H11N3OS/c16-11-12-5-6-14(11)10-13-9-4-2-1-3-8(9)7-15-10/h1-4H,5-7H2,(H,12,16). The highest BCUT2D eigenvalue weighted by molar-refractivity contribution is 7.80. The van der Waals surface area contributed by atoms with Crippen LogP contribution in [-0.2, 0) is 11.3 Å². The molecule has 0 atom stereocenters. The first-order valence-corrected chi connectivity index (χ1v) is 5.60. The van der Waals surface area contributed by atoms with Gasteiger partial charge in [0.25, 0.3) is 6.02 Å². The van der Waals surface area contributed by atoms with Crippen molar-refractivity contribution in [1.29, 1.82) is 0 Å². The van der Waals surface area contributed by atoms with E-state index < -0.39 is 0 Å². The minimum atomic E-state index is 0.564. The predicted octanol–water partition coefficient (Wildman–Crippen LogP) is 1.39. The summed E-state index contributed by atoms with van der Waals surface area (Å²) in [6, 6.07) is 8.59. The Bertz CT molecular complexity index is 472. The third-order valence-corrected chi connectivity index (χ3v) is 3.02. The van der Waals surface area contributed by atoms with Crippen LogP contribution in [0.1, 0.15) is 5.56 Å². The molecule has 4 nitrogen and oxygen atoms in total. The molecule has 16 heavy (non-hydrogen) atoms. The maximum Gasteiger partial charge on any atom is 0.299 e. The minimum absolute atomic E-state index is 0.564. The quantitative estimate of drug-likeness (QED) is 0.687. The molecule has 0 unspecified atom stereocenters. The lowest BCUT2D eigenvalue weighted by molar-refractivity contribution is 0.250. The Morgan fingerprint density at radius 1 is 1.38 bits per heavy atom. The Morgan fingerprint density at radius 2 is 2.25 bits per heavy atom. The summed E-state index contributed by atoms with van der Waals surface area (Å²) in [6.45, 7) is 2.23. The minimum Gasteiger partial charge on any atom is -0.460 e. The summed E-state index contributed by atoms with van der Waals surface area (Å²) in [5.74, 6) is 0. The number of nitrogens with one attached hydrogen (secondary N) is 1. The second-order valence-electron chi connectivity index (χ2n) is 3.70. The average Bonchev–Trinajstić information content (AvgIpc) is 2.75. The highest BCUT2D eigenvalue weighted by atomic mass is 32.1. The molecular formula is C11H11N3OS. The lowest BCUT2D eigenvalue weighted by Gasteiger charge is -2.23. The lowest BCUT2D eigenvalue weighted by Crippen LogP contribution is -2.36. The van der Waals surface area contributed by atoms with Crippen molar-refractivity contribution in [3.63, 3.8) is 0 Å². The highest BCUT2D eigenvalue weighted by Crippen LogP contribution is 2.25. The van der Waals surface area contributed by atoms with Crippen molar-refractivity contribution in [3.05, 3.63) is 29.8 Å². The third kappa shape index (κ3) is 1.53. The fourth-order valence-corrected chi connectivity index (χ4v) is 2.08. The summed E-state index contributed by atoms with van der Waals surface area (Å²) < 4.78 is 5.61. The Kier molecular flexibility index (Phi) is 2.25. The van der Waals surface area contributed by atoms with Crippen LogP contribution in [-0.4, -0.2) is 29.1 Å². The molecule has 0 saturated carbocycles. The van der Waals surface area contributed by atoms with Crippen LogP contribution in [0.15, 0.2) is 29.3 Å². The fraction of sp³-hybridized carbons (Fsp3) is 0.273. The first kappa shape index (κ1) is 9.59. The second-order valence-corrected chi connectivity index (χ2v) is 4.08. The number of fused-ring (bicyclic) bond motifs is 1. The number of aliphatic imine (C=N–C) groups is 1. The molecule has 0 amide bonds. The van der Waals surface area contributed by atoms with Crippen LogP contribution in [0.4, 0.5) is 5.69 Å². The van der Waals surface area contributed by atoms with Gasteiger partial charge in [-0.1, -0.05) is 18.2 Å². The molecule has 82 valence electrons. The smallest absolute Gasteiger partial charge is 0.299 e. The van der Waals surface area contributed by atoms with Gasteiger partial charge in [-0.3, -0.25) is 4.90 Å². The molecule has 0 bridgehead atoms. The molecule has 5 heteroatoms. The predicted molar refractivity (Wildman–Crippen MR) is 65.6 cm³/mol. The first-order valence-electron chi connectivity index (χ1n) is 5.19. The van der Waals surface area contributed by atoms with Gasteiger partial charge in [0.05, 0.1) is 5.69 Å². The Morgan fingerprint density at radius 3 is 3.06 bits per heavy atom. The van der Waals surface area contributed by atoms with Crippen molar-refractivity contribution in [1.82, 2.24) is 10.2 Å². The molecule has 3 rings (SSSR count). The molecule has 1 saturated heterocycles. The highest BCUT2D eigenvalue weighted by Gasteiger charge is 2.25. The maximum atomic E-state index is 5.61. The number of hydrogen-bond donors (Lipinski definition) is 1. The number of rotatable bonds is 0. The van der Waals surface area contributed by atoms with Crippen molar-refractivity contribution in [2.24, 2.45) is 4.99 Å². The van der Waals surface area contributed by atoms with Crippen molar-refractivity contribution >= 4 is 29.0 Å². The van der Waals surface area contributed by atoms with E-state index in [4.69, 9.17) is 17.0 Å². The van der Waals surface area contributed by atoms with E-state index in [0.29, 0.717) is 17.7 Å². The van der Waals surface area contributed by atoms with Gasteiger partial charge in [0.15, 0.2) is 5.11 Å². The molecule has 2 heterocycles. The van der Waals surface area contributed by atoms with Gasteiger partial charge >= 0.3 is 0 Å². The monoisotopic (exact) mass is 233 g/mol. The molecule has 2 aliphatic heterocycles. The van der Waals surface area contributed by atoms with Gasteiger partial charge in [-0.05, 0) is 18.3 Å². The molecule has 0 radical (unpaired) electrons. The zero-order valence-electron chi connectivity index (χ0n) is 8.64. The maximum absolute atomic E-state index is 5.61. The molecule has 1 N–H and O–H groups in total. The van der Waals surface area contributed by atoms with Gasteiger partial charge in [0.1, 0.15) is 6.61 Å². The summed E-state index contributed by atoms with van der Waals surface area (Å²) in [5, 5.41) is 3.78. The second kappa shape index (κ2) is 3.75. The third-order valence-electron chi connectivity index (χ3n) is 2.65. The topological polar surface area (TPSA) is 36.9 Å². The number of para-hydroxylation sites is 1. The molecule has 0 spiro atoms. The van der Waals surface area contributed by atoms with Gasteiger partial charge in [-0.15, -0.1) is 0 Å². The van der Waals surface area contributed by atoms with Crippen LogP contribution in [0.25, 0.3) is 0 Å². The SMILES string of the molecule is S=C1NCCN1C1=Nc2ccccc2CO1. The number of benzene rings is 1. The van der Waals surface area contributed by atoms with Gasteiger partial charge in [0, 0.05) is 18.7 Å². The van der Waals surface area contributed by atoms with E-state index in [0.717, 1.165) is 24.3 Å². The van der Waals surface area contributed by atoms with E-state index in [2.05, 4.69) is 10.3 Å². The van der Waals surface area contributed by atoms with Crippen molar-refractivity contribution < 1.29 is 4.74 Å². The Labute approximate surface area is 98.9 Å². The van der Waals surface area contributed by atoms with Gasteiger partial charge < -0.3 is 10.1 Å². The Balaban J connectivity index is 1.94. The van der Waals surface area contributed by atoms with Gasteiger partial charge in [-0.25, -0.2) is 0 Å². The normalized spacial score (nSPS) is 18.6. The molecule has 1 aromatic rings. The zero-order chi connectivity index (χ0) is 11.0. The molecule has 1 aromatic carbocycles. The molecule has 0 aromatic heterocycles. The van der Waals surface area contributed by atoms with E-state index in [9.17, 15) is 0 Å². The fourth-order valence-electron chi connectivity index (χ4n) is 1.81. The lowest BCUT2D eigenvalue weighted by atomic mass is 10.2. The number of ether oxygens (including phenoxy) is 1. The van der Waals surface area contributed by atoms with Gasteiger partial charge in [-0.2, -0.15) is 4.99 Å². The number of hydrogen-bond acceptors (Lipinski definition) is 3. The van der Waals surface area contributed by atoms with Gasteiger partial charge in [0.2, 0.25) is 0 Å². The van der Waals surface area contributed by atoms with Crippen LogP contribution in [0.2, 0.25) is 0 Å². The van der Waals surface area contributed by atoms with Crippen LogP contribution in [0.3, 0.4) is 0 Å². The molecule has 0 aliphatic carbocycles. The number of thiocarbonyl (C=S) groups is 1. The van der Waals surface area contributed by atoms with Crippen LogP contribution in [0.5, 0.6) is 0 Å². The first-order chi connectivity index (χ1) is 7.84. The summed E-state index contributed by atoms with van der Waals surface area (Å²) in [7, 11) is 0. The largest absolute Gasteiger partial charge is 0.460 e. The summed E-state index contributed by atoms with van der Waals surface area (Å²) in [5.41, 5.74) is 2.09. The van der Waals surface area contributed by atoms with Crippen molar-refractivity contribution in [2.75, 3.05) is 13.1 Å². The van der Waals surface area contributed by atoms with E-state index in [1.807, 2.05) is 29.2 Å². The van der Waals surface area contributed by atoms with E-state index >= 15 is 0 Å². The van der Waals surface area contributed by atoms with E-state index in [1.165, 1.54) is 0 Å². The van der Waals surface area contributed by atoms with Crippen molar-refractivity contribution in [3.8, 4) is 0 Å². The molecular weight excluding hydrogens is 222 g/mol. The summed E-state index contributed by atoms with van der Waals surface area (Å²) >= 11 is 5.17. The zero-order valence-corrected chi connectivity index (χ0v) is 9.46.